The second-order valence-electron chi connectivity index (χ2n) is 7.43. The third-order valence-corrected chi connectivity index (χ3v) is 5.50. The molecule has 3 aromatic rings. The molecule has 0 N–H and O–H groups in total. The lowest BCUT2D eigenvalue weighted by Crippen LogP contribution is -2.42. The van der Waals surface area contributed by atoms with Crippen LogP contribution in [0, 0.1) is 11.3 Å². The zero-order valence-corrected chi connectivity index (χ0v) is 17.8. The first-order chi connectivity index (χ1) is 15.6. The number of hydrogen-bond donors (Lipinski definition) is 0. The summed E-state index contributed by atoms with van der Waals surface area (Å²) in [6.07, 6.45) is -2.98. The van der Waals surface area contributed by atoms with Crippen LogP contribution >= 0.6 is 0 Å². The van der Waals surface area contributed by atoms with Crippen LogP contribution in [0.25, 0.3) is 28.7 Å². The molecule has 10 heteroatoms. The fraction of sp³-hybridized carbons (Fsp3) is 0.217. The molecule has 4 rings (SSSR count). The van der Waals surface area contributed by atoms with E-state index in [1.165, 1.54) is 25.1 Å². The smallest absolute Gasteiger partial charge is 0.416 e. The number of nitrogens with zero attached hydrogens (tertiary/aromatic N) is 4. The Morgan fingerprint density at radius 3 is 2.39 bits per heavy atom. The van der Waals surface area contributed by atoms with E-state index < -0.39 is 23.6 Å². The molecule has 0 bridgehead atoms. The molecule has 1 aliphatic rings. The standard InChI is InChI=1S/C23H17F3N4O3/c1-4-30-21(31)16(12(2)17(11-27)22(30)32)9-15-10-18-20(33-15)28-19(29(18)3)13-5-7-14(8-6-13)23(24,25)26/h5-10H,4H2,1-3H3/b16-9-. The van der Waals surface area contributed by atoms with E-state index in [-0.39, 0.29) is 34.7 Å². The van der Waals surface area contributed by atoms with E-state index in [1.54, 1.807) is 24.6 Å². The molecule has 3 heterocycles. The van der Waals surface area contributed by atoms with Gasteiger partial charge in [-0.1, -0.05) is 12.1 Å². The van der Waals surface area contributed by atoms with Crippen LogP contribution in [0.4, 0.5) is 13.2 Å². The largest absolute Gasteiger partial charge is 0.437 e. The molecule has 0 saturated carbocycles. The van der Waals surface area contributed by atoms with Gasteiger partial charge in [-0.15, -0.1) is 0 Å². The van der Waals surface area contributed by atoms with Gasteiger partial charge < -0.3 is 8.98 Å². The number of alkyl halides is 3. The van der Waals surface area contributed by atoms with Crippen molar-refractivity contribution in [2.75, 3.05) is 6.54 Å². The molecule has 2 aromatic heterocycles. The summed E-state index contributed by atoms with van der Waals surface area (Å²) in [6, 6.07) is 8.12. The van der Waals surface area contributed by atoms with Crippen molar-refractivity contribution in [2.24, 2.45) is 7.05 Å². The van der Waals surface area contributed by atoms with Gasteiger partial charge >= 0.3 is 6.18 Å². The maximum Gasteiger partial charge on any atom is 0.416 e. The fourth-order valence-electron chi connectivity index (χ4n) is 3.69. The van der Waals surface area contributed by atoms with Crippen LogP contribution in [-0.4, -0.2) is 32.8 Å². The zero-order chi connectivity index (χ0) is 24.1. The lowest BCUT2D eigenvalue weighted by atomic mass is 9.95. The summed E-state index contributed by atoms with van der Waals surface area (Å²) in [5, 5.41) is 9.34. The molecule has 0 spiro atoms. The molecular weight excluding hydrogens is 437 g/mol. The molecule has 0 atom stereocenters. The Morgan fingerprint density at radius 2 is 1.85 bits per heavy atom. The minimum Gasteiger partial charge on any atom is -0.437 e. The van der Waals surface area contributed by atoms with Crippen LogP contribution < -0.4 is 0 Å². The van der Waals surface area contributed by atoms with E-state index in [2.05, 4.69) is 4.98 Å². The normalized spacial score (nSPS) is 16.3. The third kappa shape index (κ3) is 3.61. The number of aryl methyl sites for hydroxylation is 1. The van der Waals surface area contributed by atoms with E-state index in [0.29, 0.717) is 16.9 Å². The van der Waals surface area contributed by atoms with E-state index in [9.17, 15) is 28.0 Å². The third-order valence-electron chi connectivity index (χ3n) is 5.50. The van der Waals surface area contributed by atoms with Crippen molar-refractivity contribution in [3.8, 4) is 17.5 Å². The SMILES string of the molecule is CCN1C(=O)C(C#N)=C(C)/C(=C/c2cc3c(nc(-c4ccc(C(F)(F)F)cc4)n3C)o2)C1=O. The van der Waals surface area contributed by atoms with Crippen LogP contribution in [0.15, 0.2) is 51.5 Å². The highest BCUT2D eigenvalue weighted by molar-refractivity contribution is 6.19. The Kier molecular flexibility index (Phi) is 5.20. The number of benzene rings is 1. The summed E-state index contributed by atoms with van der Waals surface area (Å²) in [5.74, 6) is -0.464. The molecule has 7 nitrogen and oxygen atoms in total. The van der Waals surface area contributed by atoms with E-state index >= 15 is 0 Å². The van der Waals surface area contributed by atoms with Crippen LogP contribution in [0.2, 0.25) is 0 Å². The van der Waals surface area contributed by atoms with Crippen LogP contribution in [0.5, 0.6) is 0 Å². The molecule has 0 fully saturated rings. The summed E-state index contributed by atoms with van der Waals surface area (Å²) < 4.78 is 45.9. The fourth-order valence-corrected chi connectivity index (χ4v) is 3.69. The number of aromatic nitrogens is 2. The second kappa shape index (κ2) is 7.78. The number of halogens is 3. The van der Waals surface area contributed by atoms with Gasteiger partial charge in [0, 0.05) is 30.8 Å². The molecule has 1 aromatic carbocycles. The van der Waals surface area contributed by atoms with Gasteiger partial charge in [0.2, 0.25) is 5.71 Å². The molecule has 1 aliphatic heterocycles. The number of imide groups is 1. The van der Waals surface area contributed by atoms with Crippen molar-refractivity contribution in [1.82, 2.24) is 14.5 Å². The molecular formula is C23H17F3N4O3. The van der Waals surface area contributed by atoms with Crippen molar-refractivity contribution in [3.05, 3.63) is 58.4 Å². The molecule has 168 valence electrons. The number of rotatable bonds is 3. The molecule has 0 aliphatic carbocycles. The first-order valence-electron chi connectivity index (χ1n) is 9.90. The van der Waals surface area contributed by atoms with Crippen molar-refractivity contribution in [3.63, 3.8) is 0 Å². The van der Waals surface area contributed by atoms with Crippen LogP contribution in [0.1, 0.15) is 25.2 Å². The summed E-state index contributed by atoms with van der Waals surface area (Å²) >= 11 is 0. The predicted octanol–water partition coefficient (Wildman–Crippen LogP) is 4.46. The summed E-state index contributed by atoms with van der Waals surface area (Å²) in [7, 11) is 1.69. The molecule has 0 saturated heterocycles. The van der Waals surface area contributed by atoms with Gasteiger partial charge in [-0.25, -0.2) is 0 Å². The topological polar surface area (TPSA) is 92.1 Å². The van der Waals surface area contributed by atoms with Gasteiger partial charge in [-0.2, -0.15) is 23.4 Å². The number of likely N-dealkylation sites (N-methyl/N-ethyl adjacent to an activating group) is 1. The number of carbonyl (C=O) groups is 2. The summed E-state index contributed by atoms with van der Waals surface area (Å²) in [5.41, 5.74) is 0.829. The highest BCUT2D eigenvalue weighted by atomic mass is 19.4. The average molecular weight is 454 g/mol. The number of imidazole rings is 1. The van der Waals surface area contributed by atoms with Crippen molar-refractivity contribution in [2.45, 2.75) is 20.0 Å². The van der Waals surface area contributed by atoms with Crippen LogP contribution in [0.3, 0.4) is 0 Å². The van der Waals surface area contributed by atoms with Crippen molar-refractivity contribution >= 4 is 29.1 Å². The quantitative estimate of drug-likeness (QED) is 0.430. The lowest BCUT2D eigenvalue weighted by Gasteiger charge is -2.25. The van der Waals surface area contributed by atoms with E-state index in [4.69, 9.17) is 4.42 Å². The minimum absolute atomic E-state index is 0.110. The average Bonchev–Trinajstić information content (AvgIpc) is 3.30. The zero-order valence-electron chi connectivity index (χ0n) is 17.8. The number of carbonyl (C=O) groups excluding carboxylic acids is 2. The highest BCUT2D eigenvalue weighted by Crippen LogP contribution is 2.33. The van der Waals surface area contributed by atoms with Gasteiger partial charge in [0.25, 0.3) is 11.8 Å². The number of nitriles is 1. The Balaban J connectivity index is 1.74. The second-order valence-corrected chi connectivity index (χ2v) is 7.43. The van der Waals surface area contributed by atoms with E-state index in [0.717, 1.165) is 17.0 Å². The summed E-state index contributed by atoms with van der Waals surface area (Å²) in [4.78, 5) is 30.4. The van der Waals surface area contributed by atoms with Crippen molar-refractivity contribution in [1.29, 1.82) is 5.26 Å². The number of hydrogen-bond acceptors (Lipinski definition) is 5. The molecule has 0 unspecified atom stereocenters. The predicted molar refractivity (Wildman–Crippen MR) is 112 cm³/mol. The molecule has 0 radical (unpaired) electrons. The minimum atomic E-state index is -4.43. The maximum atomic E-state index is 12.8. The monoisotopic (exact) mass is 454 g/mol. The number of amides is 2. The van der Waals surface area contributed by atoms with Gasteiger partial charge in [-0.3, -0.25) is 14.5 Å². The molecule has 2 amide bonds. The summed E-state index contributed by atoms with van der Waals surface area (Å²) in [6.45, 7) is 3.28. The van der Waals surface area contributed by atoms with Gasteiger partial charge in [0.15, 0.2) is 0 Å². The van der Waals surface area contributed by atoms with Gasteiger partial charge in [-0.05, 0) is 37.6 Å². The lowest BCUT2D eigenvalue weighted by molar-refractivity contribution is -0.140. The Bertz CT molecular complexity index is 1400. The number of furan rings is 1. The highest BCUT2D eigenvalue weighted by Gasteiger charge is 2.34. The molecule has 33 heavy (non-hydrogen) atoms. The number of fused-ring (bicyclic) bond motifs is 1. The Morgan fingerprint density at radius 1 is 1.18 bits per heavy atom. The Hall–Kier alpha value is -4.13. The first kappa shape index (κ1) is 22.1. The maximum absolute atomic E-state index is 12.8. The van der Waals surface area contributed by atoms with Gasteiger partial charge in [0.05, 0.1) is 5.56 Å². The van der Waals surface area contributed by atoms with Crippen LogP contribution in [-0.2, 0) is 22.8 Å². The van der Waals surface area contributed by atoms with Crippen molar-refractivity contribution < 1.29 is 27.2 Å². The van der Waals surface area contributed by atoms with E-state index in [1.807, 2.05) is 6.07 Å². The Labute approximate surface area is 186 Å². The first-order valence-corrected chi connectivity index (χ1v) is 9.90. The van der Waals surface area contributed by atoms with Gasteiger partial charge in [0.1, 0.15) is 28.7 Å².